The molecule has 294 valence electrons. The smallest absolute Gasteiger partial charge is 0.416 e. The van der Waals surface area contributed by atoms with Crippen LogP contribution in [0.5, 0.6) is 5.75 Å². The van der Waals surface area contributed by atoms with E-state index in [-0.39, 0.29) is 39.2 Å². The zero-order valence-electron chi connectivity index (χ0n) is 29.6. The molecular weight excluding hydrogens is 783 g/mol. The second kappa shape index (κ2) is 15.4. The van der Waals surface area contributed by atoms with Crippen LogP contribution in [0, 0.1) is 23.3 Å². The number of ether oxygens (including phenoxy) is 1. The summed E-state index contributed by atoms with van der Waals surface area (Å²) in [4.78, 5) is 28.7. The summed E-state index contributed by atoms with van der Waals surface area (Å²) in [7, 11) is -4.74. The summed E-state index contributed by atoms with van der Waals surface area (Å²) in [6.07, 6.45) is -1.93. The third-order valence-corrected chi connectivity index (χ3v) is 11.1. The average molecular weight is 816 g/mol. The Morgan fingerprint density at radius 3 is 2.20 bits per heavy atom. The quantitative estimate of drug-likeness (QED) is 0.0865. The molecule has 1 heterocycles. The molecule has 55 heavy (non-hydrogen) atoms. The molecule has 1 amide bonds. The van der Waals surface area contributed by atoms with Crippen molar-refractivity contribution in [3.63, 3.8) is 0 Å². The summed E-state index contributed by atoms with van der Waals surface area (Å²) >= 11 is 5.47. The fraction of sp³-hybridized carbons (Fsp3) is 0.324. The third kappa shape index (κ3) is 8.73. The molecule has 1 fully saturated rings. The highest BCUT2D eigenvalue weighted by Crippen LogP contribution is 2.43. The summed E-state index contributed by atoms with van der Waals surface area (Å²) in [5.41, 5.74) is -0.734. The maximum atomic E-state index is 15.3. The number of sulfonamides is 1. The van der Waals surface area contributed by atoms with Gasteiger partial charge in [0.2, 0.25) is 15.9 Å². The van der Waals surface area contributed by atoms with Gasteiger partial charge in [0.05, 0.1) is 37.0 Å². The van der Waals surface area contributed by atoms with Crippen LogP contribution in [0.25, 0.3) is 0 Å². The molecular formula is C37H33ClF7N3O6S. The van der Waals surface area contributed by atoms with Crippen LogP contribution in [0.4, 0.5) is 36.4 Å². The molecule has 0 atom stereocenters. The number of alkyl halides is 3. The van der Waals surface area contributed by atoms with Crippen molar-refractivity contribution < 1.29 is 58.6 Å². The van der Waals surface area contributed by atoms with E-state index in [1.54, 1.807) is 6.07 Å². The Morgan fingerprint density at radius 2 is 1.62 bits per heavy atom. The molecule has 1 aliphatic rings. The molecule has 0 unspecified atom stereocenters. The van der Waals surface area contributed by atoms with Gasteiger partial charge in [0.25, 0.3) is 0 Å². The number of carbonyl (C=O) groups excluding carboxylic acids is 1. The normalized spacial score (nSPS) is 13.6. The number of methoxy groups -OCH3 is 1. The Hall–Kier alpha value is -4.74. The van der Waals surface area contributed by atoms with Crippen LogP contribution in [0.1, 0.15) is 77.7 Å². The van der Waals surface area contributed by atoms with Crippen molar-refractivity contribution in [3.8, 4) is 5.75 Å². The summed E-state index contributed by atoms with van der Waals surface area (Å²) in [6, 6.07) is 9.51. The number of carboxylic acid groups (broad SMARTS) is 1. The van der Waals surface area contributed by atoms with Gasteiger partial charge >= 0.3 is 12.1 Å². The SMILES string of the molecule is COc1cc(C(=O)O)ccc1N(Cc1cc(C2CC2)cc(C(C)(C)C)c1)C(=O)CN(Cc1cnccc1C(F)(F)F)S(=O)(=O)c1c(F)c(F)c(F)c(Cl)c1F. The van der Waals surface area contributed by atoms with Gasteiger partial charge in [-0.3, -0.25) is 9.78 Å². The lowest BCUT2D eigenvalue weighted by Gasteiger charge is -2.30. The predicted octanol–water partition coefficient (Wildman–Crippen LogP) is 8.62. The average Bonchev–Trinajstić information content (AvgIpc) is 3.97. The zero-order chi connectivity index (χ0) is 40.8. The van der Waals surface area contributed by atoms with E-state index < -0.39 is 85.5 Å². The van der Waals surface area contributed by atoms with Gasteiger partial charge in [-0.05, 0) is 70.7 Å². The lowest BCUT2D eigenvalue weighted by atomic mass is 9.84. The van der Waals surface area contributed by atoms with Gasteiger partial charge in [-0.1, -0.05) is 50.6 Å². The topological polar surface area (TPSA) is 117 Å². The molecule has 9 nitrogen and oxygen atoms in total. The van der Waals surface area contributed by atoms with Crippen LogP contribution in [0.15, 0.2) is 59.8 Å². The molecule has 18 heteroatoms. The number of aromatic carboxylic acids is 1. The molecule has 0 radical (unpaired) electrons. The predicted molar refractivity (Wildman–Crippen MR) is 186 cm³/mol. The van der Waals surface area contributed by atoms with E-state index in [0.717, 1.165) is 54.3 Å². The van der Waals surface area contributed by atoms with E-state index >= 15 is 8.78 Å². The first kappa shape index (κ1) is 41.4. The maximum Gasteiger partial charge on any atom is 0.416 e. The van der Waals surface area contributed by atoms with Crippen molar-refractivity contribution in [1.29, 1.82) is 0 Å². The van der Waals surface area contributed by atoms with Crippen molar-refractivity contribution in [3.05, 3.63) is 117 Å². The van der Waals surface area contributed by atoms with Gasteiger partial charge in [-0.15, -0.1) is 0 Å². The molecule has 4 aromatic rings. The zero-order valence-corrected chi connectivity index (χ0v) is 31.1. The second-order valence-electron chi connectivity index (χ2n) is 13.9. The molecule has 1 N–H and O–H groups in total. The van der Waals surface area contributed by atoms with Crippen LogP contribution < -0.4 is 9.64 Å². The largest absolute Gasteiger partial charge is 0.495 e. The van der Waals surface area contributed by atoms with Gasteiger partial charge in [-0.2, -0.15) is 17.5 Å². The molecule has 1 aromatic heterocycles. The highest BCUT2D eigenvalue weighted by Gasteiger charge is 2.41. The number of hydrogen-bond acceptors (Lipinski definition) is 6. The number of amides is 1. The van der Waals surface area contributed by atoms with E-state index in [0.29, 0.717) is 17.8 Å². The third-order valence-electron chi connectivity index (χ3n) is 8.92. The minimum absolute atomic E-state index is 0.0525. The molecule has 0 saturated heterocycles. The number of pyridine rings is 1. The van der Waals surface area contributed by atoms with Gasteiger partial charge in [0.1, 0.15) is 10.8 Å². The number of carbonyl (C=O) groups is 2. The number of nitrogens with zero attached hydrogens (tertiary/aromatic N) is 3. The molecule has 3 aromatic carbocycles. The molecule has 0 bridgehead atoms. The first-order valence-corrected chi connectivity index (χ1v) is 18.3. The van der Waals surface area contributed by atoms with Crippen LogP contribution in [-0.4, -0.2) is 48.3 Å². The standard InChI is InChI=1S/C37H33ClF7N3O6S/c1-36(2,3)24-12-19(11-22(13-24)20-5-6-20)16-48(26-8-7-21(35(50)51)14-27(26)54-4)28(49)18-47(17-23-15-46-10-9-25(23)37(43,44)45)55(52,53)34-31(40)29(38)30(39)32(41)33(34)42/h7-15,20H,5-6,16-18H2,1-4H3,(H,50,51). The number of carboxylic acids is 1. The Morgan fingerprint density at radius 1 is 0.945 bits per heavy atom. The van der Waals surface area contributed by atoms with Gasteiger partial charge in [-0.25, -0.2) is 30.8 Å². The van der Waals surface area contributed by atoms with Gasteiger partial charge < -0.3 is 14.7 Å². The number of aromatic nitrogens is 1. The van der Waals surface area contributed by atoms with E-state index in [2.05, 4.69) is 4.98 Å². The van der Waals surface area contributed by atoms with Crippen molar-refractivity contribution >= 4 is 39.2 Å². The van der Waals surface area contributed by atoms with Gasteiger partial charge in [0.15, 0.2) is 28.2 Å². The Kier molecular flexibility index (Phi) is 11.6. The summed E-state index contributed by atoms with van der Waals surface area (Å²) in [5.74, 6) is -12.2. The second-order valence-corrected chi connectivity index (χ2v) is 16.1. The summed E-state index contributed by atoms with van der Waals surface area (Å²) in [5, 5.41) is 7.83. The molecule has 1 aliphatic carbocycles. The Labute approximate surface area is 316 Å². The van der Waals surface area contributed by atoms with Crippen LogP contribution in [0.2, 0.25) is 5.02 Å². The fourth-order valence-electron chi connectivity index (χ4n) is 5.84. The number of hydrogen-bond donors (Lipinski definition) is 1. The van der Waals surface area contributed by atoms with Crippen molar-refractivity contribution in [2.75, 3.05) is 18.6 Å². The highest BCUT2D eigenvalue weighted by atomic mass is 35.5. The molecule has 0 aliphatic heterocycles. The van der Waals surface area contributed by atoms with Gasteiger partial charge in [0, 0.05) is 18.9 Å². The summed E-state index contributed by atoms with van der Waals surface area (Å²) < 4.78 is 135. The van der Waals surface area contributed by atoms with Crippen molar-refractivity contribution in [2.24, 2.45) is 0 Å². The number of rotatable bonds is 12. The van der Waals surface area contributed by atoms with E-state index in [1.165, 1.54) is 6.07 Å². The Bertz CT molecular complexity index is 2250. The Balaban J connectivity index is 1.70. The van der Waals surface area contributed by atoms with Crippen LogP contribution in [-0.2, 0) is 39.5 Å². The first-order chi connectivity index (χ1) is 25.6. The summed E-state index contributed by atoms with van der Waals surface area (Å²) in [6.45, 7) is 2.66. The van der Waals surface area contributed by atoms with Crippen molar-refractivity contribution in [1.82, 2.24) is 9.29 Å². The van der Waals surface area contributed by atoms with Crippen LogP contribution in [0.3, 0.4) is 0 Å². The minimum atomic E-state index is -5.90. The first-order valence-electron chi connectivity index (χ1n) is 16.4. The van der Waals surface area contributed by atoms with Crippen molar-refractivity contribution in [2.45, 2.75) is 69.1 Å². The van der Waals surface area contributed by atoms with E-state index in [1.807, 2.05) is 32.9 Å². The monoisotopic (exact) mass is 815 g/mol. The number of anilines is 1. The fourth-order valence-corrected chi connectivity index (χ4v) is 7.57. The molecule has 1 saturated carbocycles. The minimum Gasteiger partial charge on any atom is -0.495 e. The lowest BCUT2D eigenvalue weighted by molar-refractivity contribution is -0.138. The van der Waals surface area contributed by atoms with Crippen LogP contribution >= 0.6 is 11.6 Å². The van der Waals surface area contributed by atoms with E-state index in [9.17, 15) is 45.1 Å². The number of halogens is 8. The lowest BCUT2D eigenvalue weighted by Crippen LogP contribution is -2.43. The van der Waals surface area contributed by atoms with E-state index in [4.69, 9.17) is 16.3 Å². The maximum absolute atomic E-state index is 15.3. The highest BCUT2D eigenvalue weighted by molar-refractivity contribution is 7.89. The molecule has 5 rings (SSSR count). The molecule has 0 spiro atoms. The number of benzene rings is 3.